The van der Waals surface area contributed by atoms with E-state index in [4.69, 9.17) is 10.5 Å². The molecule has 0 heterocycles. The maximum atomic E-state index is 12.4. The van der Waals surface area contributed by atoms with Crippen molar-refractivity contribution in [3.05, 3.63) is 60.2 Å². The summed E-state index contributed by atoms with van der Waals surface area (Å²) in [6.45, 7) is 0. The number of anilines is 1. The Bertz CT molecular complexity index is 567. The lowest BCUT2D eigenvalue weighted by Gasteiger charge is -2.21. The SMILES string of the molecule is COc1ccc(N(C)C(=O)[C@H](N)c2ccccc2)cc1. The fourth-order valence-corrected chi connectivity index (χ4v) is 1.94. The molecule has 0 aliphatic heterocycles. The van der Waals surface area contributed by atoms with E-state index in [2.05, 4.69) is 0 Å². The first kappa shape index (κ1) is 14.1. The molecule has 0 bridgehead atoms. The number of likely N-dealkylation sites (N-methyl/N-ethyl adjacent to an activating group) is 1. The second-order valence-corrected chi connectivity index (χ2v) is 4.48. The normalized spacial score (nSPS) is 11.8. The first-order valence-electron chi connectivity index (χ1n) is 6.35. The van der Waals surface area contributed by atoms with Gasteiger partial charge in [0, 0.05) is 12.7 Å². The van der Waals surface area contributed by atoms with E-state index in [1.165, 1.54) is 0 Å². The summed E-state index contributed by atoms with van der Waals surface area (Å²) in [5.41, 5.74) is 7.60. The Morgan fingerprint density at radius 2 is 1.70 bits per heavy atom. The molecule has 0 fully saturated rings. The first-order valence-corrected chi connectivity index (χ1v) is 6.35. The van der Waals surface area contributed by atoms with Gasteiger partial charge >= 0.3 is 0 Å². The van der Waals surface area contributed by atoms with Crippen LogP contribution in [0, 0.1) is 0 Å². The van der Waals surface area contributed by atoms with Gasteiger partial charge in [0.05, 0.1) is 7.11 Å². The Labute approximate surface area is 118 Å². The lowest BCUT2D eigenvalue weighted by Crippen LogP contribution is -2.35. The van der Waals surface area contributed by atoms with Crippen LogP contribution in [-0.4, -0.2) is 20.1 Å². The van der Waals surface area contributed by atoms with E-state index in [-0.39, 0.29) is 5.91 Å². The summed E-state index contributed by atoms with van der Waals surface area (Å²) in [4.78, 5) is 13.9. The number of carbonyl (C=O) groups is 1. The van der Waals surface area contributed by atoms with E-state index in [1.807, 2.05) is 54.6 Å². The summed E-state index contributed by atoms with van der Waals surface area (Å²) in [6, 6.07) is 16.0. The molecule has 4 heteroatoms. The number of nitrogens with zero attached hydrogens (tertiary/aromatic N) is 1. The van der Waals surface area contributed by atoms with Gasteiger partial charge in [0.15, 0.2) is 0 Å². The van der Waals surface area contributed by atoms with E-state index in [1.54, 1.807) is 19.1 Å². The molecule has 2 aromatic carbocycles. The van der Waals surface area contributed by atoms with Crippen LogP contribution in [0.2, 0.25) is 0 Å². The van der Waals surface area contributed by atoms with Crippen LogP contribution in [0.1, 0.15) is 11.6 Å². The van der Waals surface area contributed by atoms with Crippen LogP contribution in [0.25, 0.3) is 0 Å². The molecule has 0 spiro atoms. The van der Waals surface area contributed by atoms with Gasteiger partial charge in [-0.25, -0.2) is 0 Å². The summed E-state index contributed by atoms with van der Waals surface area (Å²) in [7, 11) is 3.32. The maximum absolute atomic E-state index is 12.4. The molecule has 0 saturated carbocycles. The van der Waals surface area contributed by atoms with Gasteiger partial charge in [-0.05, 0) is 29.8 Å². The number of carbonyl (C=O) groups excluding carboxylic acids is 1. The van der Waals surface area contributed by atoms with E-state index < -0.39 is 6.04 Å². The third-order valence-electron chi connectivity index (χ3n) is 3.22. The maximum Gasteiger partial charge on any atom is 0.248 e. The minimum Gasteiger partial charge on any atom is -0.497 e. The molecule has 0 aromatic heterocycles. The minimum atomic E-state index is -0.664. The zero-order chi connectivity index (χ0) is 14.5. The van der Waals surface area contributed by atoms with Crippen molar-refractivity contribution in [2.45, 2.75) is 6.04 Å². The molecular formula is C16H18N2O2. The molecule has 0 unspecified atom stereocenters. The van der Waals surface area contributed by atoms with Gasteiger partial charge in [-0.2, -0.15) is 0 Å². The van der Waals surface area contributed by atoms with Crippen LogP contribution in [0.5, 0.6) is 5.75 Å². The van der Waals surface area contributed by atoms with E-state index in [0.29, 0.717) is 0 Å². The summed E-state index contributed by atoms with van der Waals surface area (Å²) in [5, 5.41) is 0. The Kier molecular flexibility index (Phi) is 4.38. The molecule has 0 saturated heterocycles. The molecule has 104 valence electrons. The van der Waals surface area contributed by atoms with Crippen LogP contribution < -0.4 is 15.4 Å². The van der Waals surface area contributed by atoms with Crippen molar-refractivity contribution in [1.29, 1.82) is 0 Å². The molecule has 0 radical (unpaired) electrons. The van der Waals surface area contributed by atoms with Crippen molar-refractivity contribution in [2.24, 2.45) is 5.73 Å². The van der Waals surface area contributed by atoms with Crippen molar-refractivity contribution >= 4 is 11.6 Å². The monoisotopic (exact) mass is 270 g/mol. The molecular weight excluding hydrogens is 252 g/mol. The Hall–Kier alpha value is -2.33. The summed E-state index contributed by atoms with van der Waals surface area (Å²) < 4.78 is 5.10. The first-order chi connectivity index (χ1) is 9.63. The smallest absolute Gasteiger partial charge is 0.248 e. The van der Waals surface area contributed by atoms with Crippen molar-refractivity contribution in [3.8, 4) is 5.75 Å². The number of rotatable bonds is 4. The molecule has 0 aliphatic rings. The van der Waals surface area contributed by atoms with Gasteiger partial charge in [0.1, 0.15) is 11.8 Å². The van der Waals surface area contributed by atoms with Gasteiger partial charge in [0.2, 0.25) is 5.91 Å². The number of nitrogens with two attached hydrogens (primary N) is 1. The van der Waals surface area contributed by atoms with E-state index in [0.717, 1.165) is 17.0 Å². The van der Waals surface area contributed by atoms with Gasteiger partial charge in [-0.3, -0.25) is 4.79 Å². The average Bonchev–Trinajstić information content (AvgIpc) is 2.53. The lowest BCUT2D eigenvalue weighted by atomic mass is 10.1. The fraction of sp³-hybridized carbons (Fsp3) is 0.188. The molecule has 2 aromatic rings. The standard InChI is InChI=1S/C16H18N2O2/c1-18(13-8-10-14(20-2)11-9-13)16(19)15(17)12-6-4-3-5-7-12/h3-11,15H,17H2,1-2H3/t15-/m1/s1. The predicted octanol–water partition coefficient (Wildman–Crippen LogP) is 2.36. The third kappa shape index (κ3) is 2.97. The van der Waals surface area contributed by atoms with Crippen molar-refractivity contribution in [3.63, 3.8) is 0 Å². The molecule has 20 heavy (non-hydrogen) atoms. The quantitative estimate of drug-likeness (QED) is 0.928. The minimum absolute atomic E-state index is 0.152. The van der Waals surface area contributed by atoms with Gasteiger partial charge in [-0.1, -0.05) is 30.3 Å². The van der Waals surface area contributed by atoms with Crippen LogP contribution in [-0.2, 0) is 4.79 Å². The average molecular weight is 270 g/mol. The zero-order valence-corrected chi connectivity index (χ0v) is 11.6. The van der Waals surface area contributed by atoms with Crippen molar-refractivity contribution in [1.82, 2.24) is 0 Å². The second kappa shape index (κ2) is 6.21. The Morgan fingerprint density at radius 1 is 1.10 bits per heavy atom. The fourth-order valence-electron chi connectivity index (χ4n) is 1.94. The zero-order valence-electron chi connectivity index (χ0n) is 11.6. The predicted molar refractivity (Wildman–Crippen MR) is 79.8 cm³/mol. The molecule has 2 N–H and O–H groups in total. The van der Waals surface area contributed by atoms with Crippen LogP contribution in [0.4, 0.5) is 5.69 Å². The number of ether oxygens (including phenoxy) is 1. The number of methoxy groups -OCH3 is 1. The van der Waals surface area contributed by atoms with E-state index in [9.17, 15) is 4.79 Å². The highest BCUT2D eigenvalue weighted by Crippen LogP contribution is 2.21. The summed E-state index contributed by atoms with van der Waals surface area (Å²) in [6.07, 6.45) is 0. The molecule has 4 nitrogen and oxygen atoms in total. The van der Waals surface area contributed by atoms with Crippen molar-refractivity contribution < 1.29 is 9.53 Å². The number of hydrogen-bond acceptors (Lipinski definition) is 3. The second-order valence-electron chi connectivity index (χ2n) is 4.48. The molecule has 1 amide bonds. The highest BCUT2D eigenvalue weighted by molar-refractivity contribution is 5.97. The highest BCUT2D eigenvalue weighted by Gasteiger charge is 2.20. The summed E-state index contributed by atoms with van der Waals surface area (Å²) in [5.74, 6) is 0.600. The largest absolute Gasteiger partial charge is 0.497 e. The van der Waals surface area contributed by atoms with Gasteiger partial charge < -0.3 is 15.4 Å². The van der Waals surface area contributed by atoms with Crippen molar-refractivity contribution in [2.75, 3.05) is 19.1 Å². The van der Waals surface area contributed by atoms with Gasteiger partial charge in [0.25, 0.3) is 0 Å². The molecule has 1 atom stereocenters. The number of hydrogen-bond donors (Lipinski definition) is 1. The third-order valence-corrected chi connectivity index (χ3v) is 3.22. The Balaban J connectivity index is 2.15. The van der Waals surface area contributed by atoms with E-state index >= 15 is 0 Å². The van der Waals surface area contributed by atoms with Crippen LogP contribution >= 0.6 is 0 Å². The lowest BCUT2D eigenvalue weighted by molar-refractivity contribution is -0.119. The summed E-state index contributed by atoms with van der Waals surface area (Å²) >= 11 is 0. The number of amides is 1. The molecule has 2 rings (SSSR count). The van der Waals surface area contributed by atoms with Crippen LogP contribution in [0.15, 0.2) is 54.6 Å². The van der Waals surface area contributed by atoms with Gasteiger partial charge in [-0.15, -0.1) is 0 Å². The number of benzene rings is 2. The highest BCUT2D eigenvalue weighted by atomic mass is 16.5. The Morgan fingerprint density at radius 3 is 2.25 bits per heavy atom. The van der Waals surface area contributed by atoms with Crippen LogP contribution in [0.3, 0.4) is 0 Å². The molecule has 0 aliphatic carbocycles. The topological polar surface area (TPSA) is 55.6 Å².